The number of ether oxygens (including phenoxy) is 1. The van der Waals surface area contributed by atoms with Crippen LogP contribution in [0.4, 0.5) is 4.79 Å². The number of fused-ring (bicyclic) bond motifs is 1. The molecule has 1 amide bonds. The minimum atomic E-state index is -0.282. The van der Waals surface area contributed by atoms with Crippen molar-refractivity contribution >= 4 is 17.1 Å². The van der Waals surface area contributed by atoms with Gasteiger partial charge in [-0.25, -0.2) is 9.48 Å². The van der Waals surface area contributed by atoms with Gasteiger partial charge in [-0.2, -0.15) is 0 Å². The van der Waals surface area contributed by atoms with Crippen LogP contribution in [0.25, 0.3) is 11.0 Å². The predicted octanol–water partition coefficient (Wildman–Crippen LogP) is 2.43. The number of rotatable bonds is 3. The summed E-state index contributed by atoms with van der Waals surface area (Å²) in [5, 5.41) is 8.33. The van der Waals surface area contributed by atoms with Crippen molar-refractivity contribution in [3.05, 3.63) is 24.3 Å². The van der Waals surface area contributed by atoms with Gasteiger partial charge in [-0.15, -0.1) is 5.10 Å². The number of carbonyl (C=O) groups is 1. The average Bonchev–Trinajstić information content (AvgIpc) is 3.01. The number of carbonyl (C=O) groups excluding carboxylic acids is 1. The number of cyclic esters (lactones) is 1. The molecule has 0 spiro atoms. The third-order valence-electron chi connectivity index (χ3n) is 3.85. The summed E-state index contributed by atoms with van der Waals surface area (Å²) < 4.78 is 6.97. The predicted molar refractivity (Wildman–Crippen MR) is 74.1 cm³/mol. The van der Waals surface area contributed by atoms with Crippen LogP contribution in [0.3, 0.4) is 0 Å². The lowest BCUT2D eigenvalue weighted by Crippen LogP contribution is -2.41. The van der Waals surface area contributed by atoms with Crippen molar-refractivity contribution in [3.8, 4) is 0 Å². The molecule has 1 aliphatic heterocycles. The van der Waals surface area contributed by atoms with E-state index in [1.807, 2.05) is 31.2 Å². The molecule has 0 radical (unpaired) electrons. The Balaban J connectivity index is 1.99. The van der Waals surface area contributed by atoms with Crippen molar-refractivity contribution in [2.24, 2.45) is 5.92 Å². The minimum Gasteiger partial charge on any atom is -0.447 e. The monoisotopic (exact) mass is 274 g/mol. The average molecular weight is 274 g/mol. The van der Waals surface area contributed by atoms with Crippen LogP contribution in [0.2, 0.25) is 0 Å². The molecule has 1 aliphatic rings. The molecule has 0 bridgehead atoms. The fourth-order valence-electron chi connectivity index (χ4n) is 2.67. The van der Waals surface area contributed by atoms with Crippen LogP contribution in [0.1, 0.15) is 26.9 Å². The molecule has 0 aliphatic carbocycles. The normalized spacial score (nSPS) is 20.7. The first-order valence-electron chi connectivity index (χ1n) is 6.84. The van der Waals surface area contributed by atoms with Gasteiger partial charge in [0.15, 0.2) is 0 Å². The quantitative estimate of drug-likeness (QED) is 0.862. The fourth-order valence-corrected chi connectivity index (χ4v) is 2.67. The molecule has 6 heteroatoms. The second-order valence-corrected chi connectivity index (χ2v) is 5.45. The van der Waals surface area contributed by atoms with Crippen LogP contribution in [0.5, 0.6) is 0 Å². The molecule has 1 saturated heterocycles. The summed E-state index contributed by atoms with van der Waals surface area (Å²) in [6.07, 6.45) is -0.499. The van der Waals surface area contributed by atoms with E-state index in [-0.39, 0.29) is 18.3 Å². The number of benzene rings is 1. The first-order valence-corrected chi connectivity index (χ1v) is 6.84. The molecule has 1 fully saturated rings. The summed E-state index contributed by atoms with van der Waals surface area (Å²) in [6, 6.07) is 7.80. The number of aromatic nitrogens is 3. The Morgan fingerprint density at radius 3 is 2.80 bits per heavy atom. The maximum absolute atomic E-state index is 12.0. The van der Waals surface area contributed by atoms with Gasteiger partial charge in [0.1, 0.15) is 18.3 Å². The molecular weight excluding hydrogens is 256 g/mol. The van der Waals surface area contributed by atoms with E-state index in [9.17, 15) is 4.79 Å². The van der Waals surface area contributed by atoms with Crippen molar-refractivity contribution < 1.29 is 9.53 Å². The zero-order valence-electron chi connectivity index (χ0n) is 11.9. The Hall–Kier alpha value is -2.11. The summed E-state index contributed by atoms with van der Waals surface area (Å²) in [5.74, 6) is 0.332. The van der Waals surface area contributed by atoms with Gasteiger partial charge in [-0.05, 0) is 25.0 Å². The molecule has 6 nitrogen and oxygen atoms in total. The van der Waals surface area contributed by atoms with Crippen LogP contribution in [0.15, 0.2) is 24.3 Å². The van der Waals surface area contributed by atoms with Gasteiger partial charge < -0.3 is 4.74 Å². The Morgan fingerprint density at radius 2 is 2.05 bits per heavy atom. The van der Waals surface area contributed by atoms with E-state index in [1.165, 1.54) is 0 Å². The Bertz CT molecular complexity index is 637. The molecule has 1 aromatic heterocycles. The summed E-state index contributed by atoms with van der Waals surface area (Å²) in [4.78, 5) is 13.8. The molecule has 106 valence electrons. The molecule has 2 aromatic rings. The third kappa shape index (κ3) is 1.92. The Morgan fingerprint density at radius 1 is 1.30 bits per heavy atom. The lowest BCUT2D eigenvalue weighted by Gasteiger charge is -2.30. The van der Waals surface area contributed by atoms with Gasteiger partial charge in [0, 0.05) is 0 Å². The first-order chi connectivity index (χ1) is 9.59. The first kappa shape index (κ1) is 12.9. The van der Waals surface area contributed by atoms with E-state index >= 15 is 0 Å². The van der Waals surface area contributed by atoms with Crippen molar-refractivity contribution in [3.63, 3.8) is 0 Å². The second kappa shape index (κ2) is 4.77. The lowest BCUT2D eigenvalue weighted by molar-refractivity contribution is 0.117. The summed E-state index contributed by atoms with van der Waals surface area (Å²) in [5.41, 5.74) is 1.75. The van der Waals surface area contributed by atoms with Crippen LogP contribution < -0.4 is 0 Å². The SMILES string of the molecule is CC(C)C1COC(=O)N1C(C)n1nnc2ccccc21. The van der Waals surface area contributed by atoms with E-state index in [0.717, 1.165) is 11.0 Å². The highest BCUT2D eigenvalue weighted by atomic mass is 16.6. The molecule has 2 unspecified atom stereocenters. The Labute approximate surface area is 117 Å². The number of amides is 1. The minimum absolute atomic E-state index is 0.0699. The third-order valence-corrected chi connectivity index (χ3v) is 3.85. The van der Waals surface area contributed by atoms with Gasteiger partial charge in [-0.3, -0.25) is 4.90 Å². The number of nitrogens with zero attached hydrogens (tertiary/aromatic N) is 4. The molecule has 3 rings (SSSR count). The number of hydrogen-bond donors (Lipinski definition) is 0. The molecule has 0 saturated carbocycles. The van der Waals surface area contributed by atoms with E-state index in [1.54, 1.807) is 9.58 Å². The number of para-hydroxylation sites is 1. The van der Waals surface area contributed by atoms with Gasteiger partial charge in [0.2, 0.25) is 0 Å². The standard InChI is InChI=1S/C14H18N4O2/c1-9(2)13-8-20-14(19)17(13)10(3)18-12-7-5-4-6-11(12)15-16-18/h4-7,9-10,13H,8H2,1-3H3. The van der Waals surface area contributed by atoms with Crippen LogP contribution in [-0.2, 0) is 4.74 Å². The lowest BCUT2D eigenvalue weighted by atomic mass is 10.0. The van der Waals surface area contributed by atoms with Gasteiger partial charge in [0.05, 0.1) is 11.6 Å². The highest BCUT2D eigenvalue weighted by Gasteiger charge is 2.39. The summed E-state index contributed by atoms with van der Waals surface area (Å²) in [7, 11) is 0. The largest absolute Gasteiger partial charge is 0.447 e. The maximum Gasteiger partial charge on any atom is 0.411 e. The molecule has 20 heavy (non-hydrogen) atoms. The molecular formula is C14H18N4O2. The summed E-state index contributed by atoms with van der Waals surface area (Å²) >= 11 is 0. The zero-order chi connectivity index (χ0) is 14.3. The van der Waals surface area contributed by atoms with Crippen LogP contribution in [-0.4, -0.2) is 38.6 Å². The van der Waals surface area contributed by atoms with E-state index < -0.39 is 0 Å². The van der Waals surface area contributed by atoms with E-state index in [2.05, 4.69) is 24.2 Å². The number of hydrogen-bond acceptors (Lipinski definition) is 4. The van der Waals surface area contributed by atoms with E-state index in [0.29, 0.717) is 12.5 Å². The summed E-state index contributed by atoms with van der Waals surface area (Å²) in [6.45, 7) is 6.56. The van der Waals surface area contributed by atoms with Crippen molar-refractivity contribution in [2.45, 2.75) is 33.0 Å². The van der Waals surface area contributed by atoms with Gasteiger partial charge in [-0.1, -0.05) is 31.2 Å². The highest BCUT2D eigenvalue weighted by molar-refractivity contribution is 5.75. The highest BCUT2D eigenvalue weighted by Crippen LogP contribution is 2.28. The zero-order valence-corrected chi connectivity index (χ0v) is 11.9. The van der Waals surface area contributed by atoms with Crippen molar-refractivity contribution in [1.29, 1.82) is 0 Å². The second-order valence-electron chi connectivity index (χ2n) is 5.45. The van der Waals surface area contributed by atoms with Crippen molar-refractivity contribution in [2.75, 3.05) is 6.61 Å². The van der Waals surface area contributed by atoms with Gasteiger partial charge >= 0.3 is 6.09 Å². The molecule has 1 aromatic carbocycles. The fraction of sp³-hybridized carbons (Fsp3) is 0.500. The van der Waals surface area contributed by atoms with E-state index in [4.69, 9.17) is 4.74 Å². The maximum atomic E-state index is 12.0. The van der Waals surface area contributed by atoms with Gasteiger partial charge in [0.25, 0.3) is 0 Å². The molecule has 2 heterocycles. The topological polar surface area (TPSA) is 60.2 Å². The van der Waals surface area contributed by atoms with Crippen LogP contribution in [0, 0.1) is 5.92 Å². The smallest absolute Gasteiger partial charge is 0.411 e. The molecule has 0 N–H and O–H groups in total. The van der Waals surface area contributed by atoms with Crippen LogP contribution >= 0.6 is 0 Å². The molecule has 2 atom stereocenters. The van der Waals surface area contributed by atoms with Crippen molar-refractivity contribution in [1.82, 2.24) is 19.9 Å². The Kier molecular flexibility index (Phi) is 3.08.